The van der Waals surface area contributed by atoms with E-state index >= 15 is 0 Å². The molecule has 3 saturated heterocycles. The second-order valence-corrected chi connectivity index (χ2v) is 25.8. The van der Waals surface area contributed by atoms with E-state index < -0.39 is 159 Å². The molecule has 42 nitrogen and oxygen atoms in total. The van der Waals surface area contributed by atoms with Crippen LogP contribution in [-0.2, 0) is 105 Å². The Labute approximate surface area is 647 Å². The number of carbonyl (C=O) groups excluding carboxylic acids is 7. The standard InChI is InChI=1S/C66H113N11O31S2/c1-40(81)72-52-58(91)55(88)45(34-78)106-61(52)103-30-27-97-24-21-94-18-12-68-48(84)9-15-100-37-66(77-51(87)33-71-65(110)76-44-7-5-43(6-8-44)75-64(109)67-4,38-101-16-10-49(85)69-13-19-95-22-25-98-28-31-104-62-53(73-41(2)82)59(92)56(89)46(35-79)107-62)39-102-17-11-50(86)70-14-20-96-23-26-99-29-32-105-63-54(74-42(3)83)60(93)57(90)47(36-80)108-63/h5-8,45-47,52-63,78-80,88-93H,9-39H2,1-4H3,(H,68,84)(H,69,85)(H,70,86)(H,72,81)(H,73,82)(H,74,83)(H,77,87)(H2,67,75,109)(H2,71,76,110)/t45?,46?,47?,52-,53?,54?,55+,56+,57+,58?,59?,60?,61-,62-,63-,66?/m1/s1. The van der Waals surface area contributed by atoms with Crippen LogP contribution in [0.25, 0.3) is 0 Å². The zero-order valence-corrected chi connectivity index (χ0v) is 63.8. The SMILES string of the molecule is CNC(=S)Nc1ccc(NC(=S)NCC(=O)NC(COCCC(=O)NCCOCCOCCO[C@@H]2OC(CO)[C@H](O)C(O)C2NC(C)=O)(COCCC(=O)NCCOCCOCCO[C@@H]2OC(CO)[C@H](O)C(O)C2NC(C)=O)COCCC(=O)NCCOCCOCCO[C@@H]2OC(CO)[C@H](O)C(O)[C@H]2NC(C)=O)cc1. The van der Waals surface area contributed by atoms with Gasteiger partial charge in [0.1, 0.15) is 78.6 Å². The van der Waals surface area contributed by atoms with E-state index in [2.05, 4.69) is 58.5 Å². The molecule has 4 rings (SSSR count). The van der Waals surface area contributed by atoms with E-state index in [0.29, 0.717) is 16.5 Å². The highest BCUT2D eigenvalue weighted by molar-refractivity contribution is 7.80. The Kier molecular flexibility index (Phi) is 48.5. The Morgan fingerprint density at radius 2 is 0.682 bits per heavy atom. The quantitative estimate of drug-likeness (QED) is 0.0213. The minimum atomic E-state index is -1.53. The zero-order valence-electron chi connectivity index (χ0n) is 62.2. The lowest BCUT2D eigenvalue weighted by molar-refractivity contribution is -0.272. The van der Waals surface area contributed by atoms with Gasteiger partial charge in [-0.3, -0.25) is 33.6 Å². The summed E-state index contributed by atoms with van der Waals surface area (Å²) in [5.41, 5.74) is -0.243. The van der Waals surface area contributed by atoms with Gasteiger partial charge < -0.3 is 175 Å². The first kappa shape index (κ1) is 96.3. The molecule has 8 unspecified atom stereocenters. The Morgan fingerprint density at radius 1 is 0.391 bits per heavy atom. The number of thiocarbonyl (C=S) groups is 2. The third kappa shape index (κ3) is 38.2. The van der Waals surface area contributed by atoms with E-state index in [1.165, 1.54) is 20.8 Å². The van der Waals surface area contributed by atoms with E-state index in [4.69, 9.17) is 95.5 Å². The summed E-state index contributed by atoms with van der Waals surface area (Å²) in [6.45, 7) is 1.48. The van der Waals surface area contributed by atoms with Crippen LogP contribution < -0.4 is 58.5 Å². The topological polar surface area (TPSA) is 572 Å². The number of hydrogen-bond acceptors (Lipinski definition) is 33. The van der Waals surface area contributed by atoms with Crippen molar-refractivity contribution >= 4 is 87.4 Å². The number of nitrogens with one attached hydrogen (secondary N) is 11. The molecule has 3 heterocycles. The Hall–Kier alpha value is -6.07. The summed E-state index contributed by atoms with van der Waals surface area (Å²) in [5, 5.41) is 122. The number of carbonyl (C=O) groups is 7. The number of aliphatic hydroxyl groups is 9. The molecule has 44 heteroatoms. The summed E-state index contributed by atoms with van der Waals surface area (Å²) >= 11 is 10.7. The van der Waals surface area contributed by atoms with Gasteiger partial charge in [0.15, 0.2) is 29.1 Å². The normalized spacial score (nSPS) is 24.4. The first-order chi connectivity index (χ1) is 52.8. The molecule has 3 aliphatic rings. The number of amides is 7. The maximum Gasteiger partial charge on any atom is 0.240 e. The van der Waals surface area contributed by atoms with Gasteiger partial charge in [-0.25, -0.2) is 0 Å². The van der Waals surface area contributed by atoms with Crippen molar-refractivity contribution in [1.29, 1.82) is 0 Å². The average molecular weight is 1620 g/mol. The van der Waals surface area contributed by atoms with Crippen molar-refractivity contribution in [2.75, 3.05) is 202 Å². The maximum atomic E-state index is 14.0. The van der Waals surface area contributed by atoms with E-state index in [0.717, 1.165) is 0 Å². The van der Waals surface area contributed by atoms with Crippen LogP contribution in [0.4, 0.5) is 11.4 Å². The van der Waals surface area contributed by atoms with Crippen LogP contribution in [0.5, 0.6) is 0 Å². The van der Waals surface area contributed by atoms with Gasteiger partial charge in [-0.2, -0.15) is 0 Å². The van der Waals surface area contributed by atoms with E-state index in [1.807, 2.05) is 0 Å². The van der Waals surface area contributed by atoms with Crippen molar-refractivity contribution in [2.45, 2.75) is 138 Å². The molecule has 110 heavy (non-hydrogen) atoms. The van der Waals surface area contributed by atoms with Gasteiger partial charge in [0.25, 0.3) is 0 Å². The number of benzene rings is 1. The van der Waals surface area contributed by atoms with Crippen LogP contribution >= 0.6 is 24.4 Å². The fraction of sp³-hybridized carbons (Fsp3) is 0.773. The molecule has 0 aliphatic carbocycles. The third-order valence-electron chi connectivity index (χ3n) is 16.1. The molecule has 1 aromatic carbocycles. The second-order valence-electron chi connectivity index (χ2n) is 25.0. The summed E-state index contributed by atoms with van der Waals surface area (Å²) in [5.74, 6) is -3.35. The van der Waals surface area contributed by atoms with Crippen LogP contribution in [-0.4, -0.2) is 387 Å². The lowest BCUT2D eigenvalue weighted by atomic mass is 9.97. The lowest BCUT2D eigenvalue weighted by Crippen LogP contribution is -2.64. The van der Waals surface area contributed by atoms with Crippen molar-refractivity contribution in [3.63, 3.8) is 0 Å². The van der Waals surface area contributed by atoms with Gasteiger partial charge in [-0.1, -0.05) is 0 Å². The van der Waals surface area contributed by atoms with Crippen molar-refractivity contribution in [3.8, 4) is 0 Å². The molecule has 3 fully saturated rings. The molecular formula is C66H113N11O31S2. The van der Waals surface area contributed by atoms with E-state index in [-0.39, 0.29) is 189 Å². The Bertz CT molecular complexity index is 2630. The molecule has 0 saturated carbocycles. The van der Waals surface area contributed by atoms with Gasteiger partial charge in [0, 0.05) is 78.1 Å². The highest BCUT2D eigenvalue weighted by Gasteiger charge is 2.48. The molecule has 0 bridgehead atoms. The molecule has 630 valence electrons. The minimum Gasteiger partial charge on any atom is -0.394 e. The third-order valence-corrected chi connectivity index (χ3v) is 16.7. The number of anilines is 2. The summed E-state index contributed by atoms with van der Waals surface area (Å²) in [6, 6.07) is 3.66. The highest BCUT2D eigenvalue weighted by atomic mass is 32.1. The van der Waals surface area contributed by atoms with Crippen LogP contribution in [0.1, 0.15) is 40.0 Å². The predicted molar refractivity (Wildman–Crippen MR) is 391 cm³/mol. The molecule has 20 N–H and O–H groups in total. The van der Waals surface area contributed by atoms with Gasteiger partial charge >= 0.3 is 0 Å². The number of ether oxygens (including phenoxy) is 15. The highest BCUT2D eigenvalue weighted by Crippen LogP contribution is 2.25. The van der Waals surface area contributed by atoms with Crippen LogP contribution in [0.3, 0.4) is 0 Å². The Morgan fingerprint density at radius 3 is 0.973 bits per heavy atom. The molecule has 15 atom stereocenters. The van der Waals surface area contributed by atoms with Crippen molar-refractivity contribution < 1.29 is 151 Å². The first-order valence-corrected chi connectivity index (χ1v) is 36.6. The summed E-state index contributed by atoms with van der Waals surface area (Å²) in [6.07, 6.45) is -16.2. The van der Waals surface area contributed by atoms with Crippen LogP contribution in [0, 0.1) is 0 Å². The Balaban J connectivity index is 1.29. The second kappa shape index (κ2) is 55.4. The van der Waals surface area contributed by atoms with E-state index in [9.17, 15) is 79.5 Å². The molecule has 0 radical (unpaired) electrons. The summed E-state index contributed by atoms with van der Waals surface area (Å²) in [4.78, 5) is 88.2. The zero-order chi connectivity index (χ0) is 80.6. The molecule has 1 aromatic rings. The van der Waals surface area contributed by atoms with Crippen molar-refractivity contribution in [1.82, 2.24) is 47.9 Å². The molecule has 0 aromatic heterocycles. The van der Waals surface area contributed by atoms with Gasteiger partial charge in [-0.05, 0) is 48.7 Å². The largest absolute Gasteiger partial charge is 0.394 e. The molecule has 7 amide bonds. The molecule has 0 spiro atoms. The minimum absolute atomic E-state index is 0.0420. The van der Waals surface area contributed by atoms with Crippen LogP contribution in [0.15, 0.2) is 24.3 Å². The predicted octanol–water partition coefficient (Wildman–Crippen LogP) is -8.71. The summed E-state index contributed by atoms with van der Waals surface area (Å²) < 4.78 is 85.0. The lowest BCUT2D eigenvalue weighted by Gasteiger charge is -2.42. The van der Waals surface area contributed by atoms with Crippen molar-refractivity contribution in [3.05, 3.63) is 24.3 Å². The maximum absolute atomic E-state index is 14.0. The van der Waals surface area contributed by atoms with Crippen molar-refractivity contribution in [2.24, 2.45) is 0 Å². The van der Waals surface area contributed by atoms with E-state index in [1.54, 1.807) is 31.3 Å². The number of aliphatic hydroxyl groups excluding tert-OH is 9. The molecule has 3 aliphatic heterocycles. The first-order valence-electron chi connectivity index (χ1n) is 35.8. The van der Waals surface area contributed by atoms with Gasteiger partial charge in [0.2, 0.25) is 41.4 Å². The summed E-state index contributed by atoms with van der Waals surface area (Å²) in [7, 11) is 1.68. The smallest absolute Gasteiger partial charge is 0.240 e. The monoisotopic (exact) mass is 1620 g/mol. The fourth-order valence-corrected chi connectivity index (χ4v) is 10.9. The van der Waals surface area contributed by atoms with Gasteiger partial charge in [0.05, 0.1) is 165 Å². The van der Waals surface area contributed by atoms with Crippen LogP contribution in [0.2, 0.25) is 0 Å². The average Bonchev–Trinajstić information content (AvgIpc) is 0.836. The van der Waals surface area contributed by atoms with Gasteiger partial charge in [-0.15, -0.1) is 0 Å². The fourth-order valence-electron chi connectivity index (χ4n) is 10.6. The number of rotatable bonds is 56. The molecular weight excluding hydrogens is 1510 g/mol. The number of hydrogen-bond donors (Lipinski definition) is 20.